The maximum Gasteiger partial charge on any atom is 0.269 e. The van der Waals surface area contributed by atoms with Crippen molar-refractivity contribution in [2.75, 3.05) is 0 Å². The van der Waals surface area contributed by atoms with Crippen molar-refractivity contribution in [3.8, 4) is 0 Å². The minimum Gasteiger partial charge on any atom is -0.173 e. The van der Waals surface area contributed by atoms with Gasteiger partial charge in [-0.15, -0.1) is 0 Å². The smallest absolute Gasteiger partial charge is 0.173 e. The van der Waals surface area contributed by atoms with Gasteiger partial charge >= 0.3 is 0 Å². The summed E-state index contributed by atoms with van der Waals surface area (Å²) in [7, 11) is 0. The molecule has 0 aromatic heterocycles. The lowest BCUT2D eigenvalue weighted by Gasteiger charge is -2.00. The van der Waals surface area contributed by atoms with Crippen LogP contribution in [0.1, 0.15) is 33.1 Å². The van der Waals surface area contributed by atoms with Crippen molar-refractivity contribution in [2.24, 2.45) is 0 Å². The molecule has 0 radical (unpaired) electrons. The first-order valence-corrected chi connectivity index (χ1v) is 3.75. The maximum absolute atomic E-state index is 11.8. The first-order valence-electron chi connectivity index (χ1n) is 3.75. The van der Waals surface area contributed by atoms with Crippen molar-refractivity contribution in [2.45, 2.75) is 33.1 Å². The van der Waals surface area contributed by atoms with Gasteiger partial charge in [0, 0.05) is 0 Å². The zero-order chi connectivity index (χ0) is 8.85. The summed E-state index contributed by atoms with van der Waals surface area (Å²) in [6, 6.07) is 0. The second-order valence-electron chi connectivity index (χ2n) is 2.64. The van der Waals surface area contributed by atoms with Gasteiger partial charge in [-0.3, -0.25) is 0 Å². The molecule has 0 saturated carbocycles. The fraction of sp³-hybridized carbons (Fsp3) is 0.556. The molecule has 0 aliphatic rings. The lowest BCUT2D eigenvalue weighted by molar-refractivity contribution is 0.408. The molecule has 64 valence electrons. The first-order chi connectivity index (χ1) is 5.07. The van der Waals surface area contributed by atoms with E-state index in [0.717, 1.165) is 12.0 Å². The van der Waals surface area contributed by atoms with Crippen LogP contribution < -0.4 is 0 Å². The molecule has 0 aliphatic heterocycles. The number of halogens is 2. The maximum atomic E-state index is 11.8. The molecular formula is C9H14F2. The van der Waals surface area contributed by atoms with Crippen LogP contribution in [0.4, 0.5) is 8.78 Å². The summed E-state index contributed by atoms with van der Waals surface area (Å²) < 4.78 is 23.7. The topological polar surface area (TPSA) is 0 Å². The second-order valence-corrected chi connectivity index (χ2v) is 2.64. The fourth-order valence-corrected chi connectivity index (χ4v) is 0.636. The monoisotopic (exact) mass is 160 g/mol. The highest BCUT2D eigenvalue weighted by atomic mass is 19.3. The van der Waals surface area contributed by atoms with E-state index in [4.69, 9.17) is 0 Å². The van der Waals surface area contributed by atoms with Crippen LogP contribution in [0.5, 0.6) is 0 Å². The molecule has 0 aromatic rings. The minimum atomic E-state index is -1.55. The van der Waals surface area contributed by atoms with E-state index in [0.29, 0.717) is 12.8 Å². The van der Waals surface area contributed by atoms with Gasteiger partial charge in [-0.25, -0.2) is 0 Å². The van der Waals surface area contributed by atoms with E-state index in [1.54, 1.807) is 0 Å². The van der Waals surface area contributed by atoms with E-state index in [1.807, 2.05) is 6.92 Å². The Morgan fingerprint density at radius 2 is 1.82 bits per heavy atom. The zero-order valence-electron chi connectivity index (χ0n) is 7.08. The van der Waals surface area contributed by atoms with Crippen LogP contribution >= 0.6 is 0 Å². The summed E-state index contributed by atoms with van der Waals surface area (Å²) in [6.45, 7) is 7.17. The van der Waals surface area contributed by atoms with Crippen molar-refractivity contribution < 1.29 is 8.78 Å². The van der Waals surface area contributed by atoms with Gasteiger partial charge in [0.2, 0.25) is 0 Å². The van der Waals surface area contributed by atoms with E-state index in [1.165, 1.54) is 6.92 Å². The quantitative estimate of drug-likeness (QED) is 0.547. The molecule has 0 nitrogen and oxygen atoms in total. The second kappa shape index (κ2) is 5.05. The Morgan fingerprint density at radius 3 is 2.18 bits per heavy atom. The van der Waals surface area contributed by atoms with Crippen molar-refractivity contribution in [3.63, 3.8) is 0 Å². The molecule has 0 atom stereocenters. The average molecular weight is 160 g/mol. The fourth-order valence-electron chi connectivity index (χ4n) is 0.636. The molecule has 0 aromatic carbocycles. The Labute approximate surface area is 66.6 Å². The predicted octanol–water partition coefficient (Wildman–Crippen LogP) is 3.90. The SMILES string of the molecule is C=C(CC)CCC(C)=C(F)F. The van der Waals surface area contributed by atoms with Crippen LogP contribution in [0.25, 0.3) is 0 Å². The Balaban J connectivity index is 3.72. The highest BCUT2D eigenvalue weighted by molar-refractivity contribution is 5.03. The van der Waals surface area contributed by atoms with E-state index in [2.05, 4.69) is 6.58 Å². The van der Waals surface area contributed by atoms with Crippen molar-refractivity contribution >= 4 is 0 Å². The molecule has 0 rings (SSSR count). The summed E-state index contributed by atoms with van der Waals surface area (Å²) in [5.41, 5.74) is 1.21. The summed E-state index contributed by atoms with van der Waals surface area (Å²) in [6.07, 6.45) is 0.449. The summed E-state index contributed by atoms with van der Waals surface area (Å²) >= 11 is 0. The Morgan fingerprint density at radius 1 is 1.27 bits per heavy atom. The molecule has 0 heterocycles. The average Bonchev–Trinajstić information content (AvgIpc) is 1.99. The summed E-state index contributed by atoms with van der Waals surface area (Å²) in [4.78, 5) is 0. The van der Waals surface area contributed by atoms with Gasteiger partial charge in [0.1, 0.15) is 0 Å². The molecule has 0 N–H and O–H groups in total. The normalized spacial score (nSPS) is 9.45. The molecule has 2 heteroatoms. The Bertz CT molecular complexity index is 164. The summed E-state index contributed by atoms with van der Waals surface area (Å²) in [5.74, 6) is 0. The lowest BCUT2D eigenvalue weighted by Crippen LogP contribution is -1.83. The zero-order valence-corrected chi connectivity index (χ0v) is 7.08. The molecule has 0 amide bonds. The van der Waals surface area contributed by atoms with Crippen molar-refractivity contribution in [1.29, 1.82) is 0 Å². The van der Waals surface area contributed by atoms with Gasteiger partial charge in [0.25, 0.3) is 6.08 Å². The van der Waals surface area contributed by atoms with Crippen LogP contribution in [-0.2, 0) is 0 Å². The third kappa shape index (κ3) is 4.71. The third-order valence-electron chi connectivity index (χ3n) is 1.68. The summed E-state index contributed by atoms with van der Waals surface area (Å²) in [5, 5.41) is 0. The van der Waals surface area contributed by atoms with Crippen molar-refractivity contribution in [3.05, 3.63) is 23.8 Å². The largest absolute Gasteiger partial charge is 0.269 e. The molecule has 0 bridgehead atoms. The molecule has 0 spiro atoms. The lowest BCUT2D eigenvalue weighted by atomic mass is 10.1. The van der Waals surface area contributed by atoms with E-state index >= 15 is 0 Å². The van der Waals surface area contributed by atoms with Gasteiger partial charge in [-0.2, -0.15) is 8.78 Å². The standard InChI is InChI=1S/C9H14F2/c1-4-7(2)5-6-8(3)9(10)11/h2,4-6H2,1,3H3. The number of hydrogen-bond acceptors (Lipinski definition) is 0. The minimum absolute atomic E-state index is 0.180. The molecule has 11 heavy (non-hydrogen) atoms. The van der Waals surface area contributed by atoms with Crippen LogP contribution in [-0.4, -0.2) is 0 Å². The van der Waals surface area contributed by atoms with E-state index in [9.17, 15) is 8.78 Å². The van der Waals surface area contributed by atoms with Crippen LogP contribution in [0.2, 0.25) is 0 Å². The molecule has 0 unspecified atom stereocenters. The number of allylic oxidation sites excluding steroid dienone is 2. The Hall–Kier alpha value is -0.660. The van der Waals surface area contributed by atoms with Gasteiger partial charge in [-0.1, -0.05) is 19.1 Å². The highest BCUT2D eigenvalue weighted by Gasteiger charge is 1.99. The number of rotatable bonds is 4. The first kappa shape index (κ1) is 10.3. The van der Waals surface area contributed by atoms with Gasteiger partial charge in [-0.05, 0) is 31.8 Å². The molecule has 0 saturated heterocycles. The van der Waals surface area contributed by atoms with E-state index in [-0.39, 0.29) is 5.57 Å². The highest BCUT2D eigenvalue weighted by Crippen LogP contribution is 2.16. The van der Waals surface area contributed by atoms with Crippen LogP contribution in [0, 0.1) is 0 Å². The van der Waals surface area contributed by atoms with Gasteiger partial charge < -0.3 is 0 Å². The molecule has 0 fully saturated rings. The third-order valence-corrected chi connectivity index (χ3v) is 1.68. The van der Waals surface area contributed by atoms with Gasteiger partial charge in [0.15, 0.2) is 0 Å². The van der Waals surface area contributed by atoms with Crippen molar-refractivity contribution in [1.82, 2.24) is 0 Å². The van der Waals surface area contributed by atoms with E-state index < -0.39 is 6.08 Å². The van der Waals surface area contributed by atoms with Crippen LogP contribution in [0.3, 0.4) is 0 Å². The molecular weight excluding hydrogens is 146 g/mol. The van der Waals surface area contributed by atoms with Gasteiger partial charge in [0.05, 0.1) is 0 Å². The Kier molecular flexibility index (Phi) is 4.75. The van der Waals surface area contributed by atoms with Crippen LogP contribution in [0.15, 0.2) is 23.8 Å². The molecule has 0 aliphatic carbocycles. The number of hydrogen-bond donors (Lipinski definition) is 0. The predicted molar refractivity (Wildman–Crippen MR) is 43.6 cm³/mol.